The molecule has 23 heavy (non-hydrogen) atoms. The van der Waals surface area contributed by atoms with Gasteiger partial charge in [-0.05, 0) is 23.3 Å². The molecule has 1 saturated heterocycles. The van der Waals surface area contributed by atoms with Crippen LogP contribution in [0.3, 0.4) is 0 Å². The summed E-state index contributed by atoms with van der Waals surface area (Å²) < 4.78 is 32.7. The van der Waals surface area contributed by atoms with Crippen LogP contribution in [0, 0.1) is 11.6 Å². The molecule has 0 aromatic heterocycles. The van der Waals surface area contributed by atoms with Crippen molar-refractivity contribution in [2.24, 2.45) is 0 Å². The Kier molecular flexibility index (Phi) is 4.55. The predicted molar refractivity (Wildman–Crippen MR) is 85.9 cm³/mol. The van der Waals surface area contributed by atoms with E-state index < -0.39 is 17.2 Å². The predicted octanol–water partition coefficient (Wildman–Crippen LogP) is 3.88. The van der Waals surface area contributed by atoms with Crippen molar-refractivity contribution < 1.29 is 13.5 Å². The second-order valence-electron chi connectivity index (χ2n) is 5.77. The molecular weight excluding hydrogens is 296 g/mol. The first-order valence-electron chi connectivity index (χ1n) is 7.62. The lowest BCUT2D eigenvalue weighted by Gasteiger charge is -2.41. The first kappa shape index (κ1) is 15.8. The largest absolute Gasteiger partial charge is 0.363 e. The lowest BCUT2D eigenvalue weighted by molar-refractivity contribution is -0.0858. The quantitative estimate of drug-likeness (QED) is 0.794. The fraction of sp³-hybridized carbons (Fsp3) is 0.263. The summed E-state index contributed by atoms with van der Waals surface area (Å²) in [5, 5.41) is 0. The zero-order valence-electron chi connectivity index (χ0n) is 12.8. The third-order valence-electron chi connectivity index (χ3n) is 4.21. The summed E-state index contributed by atoms with van der Waals surface area (Å²) in [7, 11) is 0. The highest BCUT2D eigenvalue weighted by molar-refractivity contribution is 5.30. The first-order chi connectivity index (χ1) is 11.1. The Morgan fingerprint density at radius 3 is 2.61 bits per heavy atom. The maximum atomic E-state index is 13.6. The smallest absolute Gasteiger partial charge is 0.159 e. The molecule has 0 spiro atoms. The van der Waals surface area contributed by atoms with Gasteiger partial charge in [-0.1, -0.05) is 49.1 Å². The highest BCUT2D eigenvalue weighted by Crippen LogP contribution is 2.32. The van der Waals surface area contributed by atoms with Gasteiger partial charge in [0.15, 0.2) is 11.6 Å². The summed E-state index contributed by atoms with van der Waals surface area (Å²) in [6.45, 7) is 6.49. The summed E-state index contributed by atoms with van der Waals surface area (Å²) in [4.78, 5) is 2.24. The summed E-state index contributed by atoms with van der Waals surface area (Å²) in [5.41, 5.74) is 0.975. The van der Waals surface area contributed by atoms with E-state index in [1.807, 2.05) is 18.2 Å². The van der Waals surface area contributed by atoms with Crippen molar-refractivity contribution in [3.63, 3.8) is 0 Å². The van der Waals surface area contributed by atoms with Crippen molar-refractivity contribution in [2.45, 2.75) is 12.1 Å². The monoisotopic (exact) mass is 315 g/mol. The molecular formula is C19H19F2NO. The first-order valence-corrected chi connectivity index (χ1v) is 7.62. The highest BCUT2D eigenvalue weighted by Gasteiger charge is 2.36. The molecule has 1 aliphatic heterocycles. The normalized spacial score (nSPS) is 22.0. The molecule has 2 nitrogen and oxygen atoms in total. The van der Waals surface area contributed by atoms with Gasteiger partial charge in [0.2, 0.25) is 0 Å². The van der Waals surface area contributed by atoms with Crippen LogP contribution in [0.2, 0.25) is 0 Å². The Balaban J connectivity index is 1.84. The summed E-state index contributed by atoms with van der Waals surface area (Å²) >= 11 is 0. The van der Waals surface area contributed by atoms with Crippen LogP contribution < -0.4 is 0 Å². The number of rotatable bonds is 4. The minimum absolute atomic E-state index is 0.512. The SMILES string of the molecule is C=C[C@]1(c2ccc(F)c(F)c2)CN(Cc2ccccc2)CCO1. The van der Waals surface area contributed by atoms with Crippen molar-refractivity contribution >= 4 is 0 Å². The molecule has 1 atom stereocenters. The Bertz CT molecular complexity index is 689. The number of ether oxygens (including phenoxy) is 1. The Morgan fingerprint density at radius 2 is 1.91 bits per heavy atom. The van der Waals surface area contributed by atoms with Gasteiger partial charge in [0.1, 0.15) is 5.60 Å². The van der Waals surface area contributed by atoms with Crippen molar-refractivity contribution in [3.8, 4) is 0 Å². The van der Waals surface area contributed by atoms with Gasteiger partial charge in [0.25, 0.3) is 0 Å². The van der Waals surface area contributed by atoms with Gasteiger partial charge < -0.3 is 4.74 Å². The van der Waals surface area contributed by atoms with Gasteiger partial charge in [0, 0.05) is 19.6 Å². The molecule has 4 heteroatoms. The number of benzene rings is 2. The van der Waals surface area contributed by atoms with Crippen molar-refractivity contribution in [1.29, 1.82) is 0 Å². The van der Waals surface area contributed by atoms with Crippen molar-refractivity contribution in [2.75, 3.05) is 19.7 Å². The molecule has 120 valence electrons. The minimum atomic E-state index is -0.868. The molecule has 1 fully saturated rings. The lowest BCUT2D eigenvalue weighted by Crippen LogP contribution is -2.48. The Hall–Kier alpha value is -2.04. The molecule has 0 amide bonds. The molecule has 0 saturated carbocycles. The van der Waals surface area contributed by atoms with Crippen LogP contribution in [-0.2, 0) is 16.9 Å². The third-order valence-corrected chi connectivity index (χ3v) is 4.21. The van der Waals surface area contributed by atoms with Gasteiger partial charge in [-0.25, -0.2) is 8.78 Å². The van der Waals surface area contributed by atoms with E-state index in [2.05, 4.69) is 23.6 Å². The molecule has 0 aliphatic carbocycles. The molecule has 1 heterocycles. The van der Waals surface area contributed by atoms with Gasteiger partial charge >= 0.3 is 0 Å². The number of morpholine rings is 1. The molecule has 2 aromatic rings. The molecule has 1 aliphatic rings. The summed E-state index contributed by atoms with van der Waals surface area (Å²) in [6, 6.07) is 14.0. The fourth-order valence-corrected chi connectivity index (χ4v) is 2.97. The summed E-state index contributed by atoms with van der Waals surface area (Å²) in [6.07, 6.45) is 1.68. The minimum Gasteiger partial charge on any atom is -0.363 e. The van der Waals surface area contributed by atoms with E-state index in [1.54, 1.807) is 12.1 Å². The van der Waals surface area contributed by atoms with Gasteiger partial charge in [-0.2, -0.15) is 0 Å². The fourth-order valence-electron chi connectivity index (χ4n) is 2.97. The van der Waals surface area contributed by atoms with Gasteiger partial charge in [0.05, 0.1) is 6.61 Å². The van der Waals surface area contributed by atoms with E-state index >= 15 is 0 Å². The maximum absolute atomic E-state index is 13.6. The van der Waals surface area contributed by atoms with E-state index in [1.165, 1.54) is 11.6 Å². The molecule has 3 rings (SSSR count). The van der Waals surface area contributed by atoms with Crippen LogP contribution in [0.4, 0.5) is 8.78 Å². The standard InChI is InChI=1S/C19H19F2NO/c1-2-19(16-8-9-17(20)18(21)12-16)14-22(10-11-23-19)13-15-6-4-3-5-7-15/h2-9,12H,1,10-11,13-14H2/t19-/m1/s1. The van der Waals surface area contributed by atoms with Crippen molar-refractivity contribution in [3.05, 3.63) is 83.9 Å². The third kappa shape index (κ3) is 3.33. The number of hydrogen-bond acceptors (Lipinski definition) is 2. The number of hydrogen-bond donors (Lipinski definition) is 0. The summed E-state index contributed by atoms with van der Waals surface area (Å²) in [5.74, 6) is -1.72. The van der Waals surface area contributed by atoms with Crippen LogP contribution in [-0.4, -0.2) is 24.6 Å². The van der Waals surface area contributed by atoms with Crippen LogP contribution in [0.15, 0.2) is 61.2 Å². The topological polar surface area (TPSA) is 12.5 Å². The van der Waals surface area contributed by atoms with Crippen LogP contribution in [0.1, 0.15) is 11.1 Å². The number of halogens is 2. The zero-order valence-corrected chi connectivity index (χ0v) is 12.8. The van der Waals surface area contributed by atoms with Gasteiger partial charge in [-0.3, -0.25) is 4.90 Å². The average Bonchev–Trinajstić information content (AvgIpc) is 2.58. The molecule has 0 bridgehead atoms. The second kappa shape index (κ2) is 6.60. The maximum Gasteiger partial charge on any atom is 0.159 e. The highest BCUT2D eigenvalue weighted by atomic mass is 19.2. The molecule has 0 N–H and O–H groups in total. The van der Waals surface area contributed by atoms with E-state index in [9.17, 15) is 8.78 Å². The van der Waals surface area contributed by atoms with E-state index in [0.717, 1.165) is 19.2 Å². The van der Waals surface area contributed by atoms with Crippen LogP contribution in [0.25, 0.3) is 0 Å². The second-order valence-corrected chi connectivity index (χ2v) is 5.77. The zero-order chi connectivity index (χ0) is 16.3. The average molecular weight is 315 g/mol. The van der Waals surface area contributed by atoms with E-state index in [-0.39, 0.29) is 0 Å². The Morgan fingerprint density at radius 1 is 1.13 bits per heavy atom. The molecule has 0 unspecified atom stereocenters. The van der Waals surface area contributed by atoms with E-state index in [4.69, 9.17) is 4.74 Å². The van der Waals surface area contributed by atoms with Gasteiger partial charge in [-0.15, -0.1) is 0 Å². The Labute approximate surface area is 135 Å². The van der Waals surface area contributed by atoms with E-state index in [0.29, 0.717) is 18.7 Å². The number of nitrogens with zero attached hydrogens (tertiary/aromatic N) is 1. The van der Waals surface area contributed by atoms with Crippen LogP contribution >= 0.6 is 0 Å². The lowest BCUT2D eigenvalue weighted by atomic mass is 9.91. The molecule has 2 aromatic carbocycles. The van der Waals surface area contributed by atoms with Crippen molar-refractivity contribution in [1.82, 2.24) is 4.90 Å². The molecule has 0 radical (unpaired) electrons. The van der Waals surface area contributed by atoms with Crippen LogP contribution in [0.5, 0.6) is 0 Å².